The number of amides is 16. The van der Waals surface area contributed by atoms with Crippen LogP contribution in [0.2, 0.25) is 0 Å². The van der Waals surface area contributed by atoms with E-state index >= 15 is 4.79 Å². The molecule has 0 radical (unpaired) electrons. The maximum atomic E-state index is 15.1. The number of Topliss-reactive ketones (excluding diaryl/α,β-unsaturated/α-hetero) is 1. The number of nitrogens with zero attached hydrogens (tertiary/aromatic N) is 2. The first-order chi connectivity index (χ1) is 68.2. The predicted octanol–water partition coefficient (Wildman–Crippen LogP) is -6.14. The van der Waals surface area contributed by atoms with Gasteiger partial charge in [-0.25, -0.2) is 4.79 Å². The summed E-state index contributed by atoms with van der Waals surface area (Å²) in [6.45, 7) is 11.3. The van der Waals surface area contributed by atoms with Crippen LogP contribution in [0.25, 0.3) is 21.8 Å². The molecule has 9 rings (SSSR count). The number of carboxylic acids is 1. The molecular weight excluding hydrogens is 1950 g/mol. The minimum atomic E-state index is -1.87. The third-order valence-corrected chi connectivity index (χ3v) is 26.7. The molecule has 52 nitrogen and oxygen atoms in total. The number of H-pyrrole nitrogens is 2. The van der Waals surface area contributed by atoms with Crippen molar-refractivity contribution in [3.05, 3.63) is 47.5 Å². The zero-order valence-corrected chi connectivity index (χ0v) is 83.1. The Morgan fingerprint density at radius 3 is 1.51 bits per heavy atom. The summed E-state index contributed by atoms with van der Waals surface area (Å²) in [5.74, 6) is -27.4. The molecule has 2 aromatic heterocycles. The Hall–Kier alpha value is -14.4. The minimum Gasteiger partial charge on any atom is -0.480 e. The van der Waals surface area contributed by atoms with Crippen molar-refractivity contribution in [2.75, 3.05) is 64.0 Å². The molecule has 5 aliphatic heterocycles. The van der Waals surface area contributed by atoms with E-state index in [1.807, 2.05) is 0 Å². The number of aliphatic hydroxyl groups is 2. The van der Waals surface area contributed by atoms with Gasteiger partial charge in [0.05, 0.1) is 84.4 Å². The van der Waals surface area contributed by atoms with Gasteiger partial charge in [-0.2, -0.15) is 0 Å². The van der Waals surface area contributed by atoms with Crippen molar-refractivity contribution in [1.29, 1.82) is 0 Å². The number of primary amides is 2. The Balaban J connectivity index is 0.000000354. The number of benzene rings is 2. The van der Waals surface area contributed by atoms with Crippen LogP contribution in [0.15, 0.2) is 46.5 Å². The molecule has 23 N–H and O–H groups in total. The maximum absolute atomic E-state index is 15.1. The highest BCUT2D eigenvalue weighted by molar-refractivity contribution is 7.99. The van der Waals surface area contributed by atoms with Crippen molar-refractivity contribution in [2.24, 2.45) is 46.8 Å². The van der Waals surface area contributed by atoms with E-state index in [-0.39, 0.29) is 40.9 Å². The van der Waals surface area contributed by atoms with Crippen LogP contribution in [0, 0.1) is 29.6 Å². The largest absolute Gasteiger partial charge is 0.480 e. The number of carbonyl (C=O) groups is 24. The summed E-state index contributed by atoms with van der Waals surface area (Å²) in [5.41, 5.74) is 19.0. The predicted molar refractivity (Wildman–Crippen MR) is 506 cm³/mol. The average molecular weight is 2080 g/mol. The molecule has 2 saturated heterocycles. The number of rotatable bonds is 26. The van der Waals surface area contributed by atoms with Gasteiger partial charge in [-0.15, -0.1) is 23.5 Å². The van der Waals surface area contributed by atoms with Crippen LogP contribution in [0.4, 0.5) is 0 Å². The average Bonchev–Trinajstić information content (AvgIpc) is 1.64. The van der Waals surface area contributed by atoms with Gasteiger partial charge in [0, 0.05) is 126 Å². The summed E-state index contributed by atoms with van der Waals surface area (Å²) in [6, 6.07) is -8.10. The first-order valence-corrected chi connectivity index (χ1v) is 48.3. The first kappa shape index (κ1) is 116. The molecule has 5 aliphatic rings. The number of hydrogen-bond acceptors (Lipinski definition) is 35. The van der Waals surface area contributed by atoms with Crippen LogP contribution in [-0.2, 0) is 147 Å². The molecule has 7 heterocycles. The number of aliphatic hydroxyl groups excluding tert-OH is 2. The van der Waals surface area contributed by atoms with E-state index in [1.165, 1.54) is 52.0 Å². The highest BCUT2D eigenvalue weighted by atomic mass is 32.2. The number of esters is 6. The van der Waals surface area contributed by atoms with Gasteiger partial charge >= 0.3 is 41.8 Å². The van der Waals surface area contributed by atoms with Gasteiger partial charge in [0.1, 0.15) is 91.3 Å². The van der Waals surface area contributed by atoms with Crippen molar-refractivity contribution in [1.82, 2.24) is 83.6 Å². The summed E-state index contributed by atoms with van der Waals surface area (Å²) >= 11 is 1.88. The molecule has 2 fully saturated rings. The molecule has 16 amide bonds. The first-order valence-electron chi connectivity index (χ1n) is 46.3. The van der Waals surface area contributed by atoms with E-state index in [9.17, 15) is 126 Å². The van der Waals surface area contributed by atoms with Crippen LogP contribution < -0.4 is 90.5 Å². The molecule has 792 valence electrons. The van der Waals surface area contributed by atoms with E-state index in [2.05, 4.69) is 73.8 Å². The maximum Gasteiger partial charge on any atom is 0.326 e. The summed E-state index contributed by atoms with van der Waals surface area (Å²) in [5, 5.41) is 63.1. The molecule has 2 aromatic carbocycles. The number of likely N-dealkylation sites (tertiary alicyclic amines) is 1. The van der Waals surface area contributed by atoms with Crippen molar-refractivity contribution >= 4 is 187 Å². The number of carboxylic acid groups (broad SMARTS) is 1. The van der Waals surface area contributed by atoms with E-state index in [0.29, 0.717) is 50.8 Å². The number of nitrogens with one attached hydrogen (secondary N) is 14. The molecule has 10 unspecified atom stereocenters. The number of carbonyl (C=O) groups excluding carboxylic acids is 23. The van der Waals surface area contributed by atoms with E-state index < -0.39 is 347 Å². The SMILES string of the molecule is CC[C@H](C)[C@@H]1NC(=O)CNC(=O)C(N)Cc2c([nH]c3cc(OC(C)=O)ccc23)SCC(C(=O)NC(CC(N)=O)C(=O)N2CC(O)C[C@H]2C(=O)N[C@H](C(=O)O)C(C)[C@H](COC(C)=O)OC(C)=O)NC(=O)CNC1=O.CC[C@H](C)[C@@H]1NC(=O)CNC(=O)C2CC(=O)[C@H](C(C)[C@H](COC(C)=O)OC(C)=O)NC(=O)[C@@H]3CC(O)CN3C(=O)C(CC(N)=O)NC(=O)C(CSc3[nH]c4cc(OC(C)=O)ccc4c3C2)NC(=O)CNC1=O. The van der Waals surface area contributed by atoms with Crippen molar-refractivity contribution < 1.29 is 159 Å². The van der Waals surface area contributed by atoms with E-state index in [1.54, 1.807) is 39.8 Å². The monoisotopic (exact) mass is 2070 g/mol. The zero-order valence-electron chi connectivity index (χ0n) is 81.5. The topological polar surface area (TPSA) is 786 Å². The zero-order chi connectivity index (χ0) is 108. The molecule has 54 heteroatoms. The number of nitrogens with two attached hydrogens (primary N) is 3. The second-order valence-electron chi connectivity index (χ2n) is 35.6. The summed E-state index contributed by atoms with van der Waals surface area (Å²) in [6.07, 6.45) is -8.41. The van der Waals surface area contributed by atoms with Crippen LogP contribution in [0.1, 0.15) is 139 Å². The number of aromatic amines is 2. The summed E-state index contributed by atoms with van der Waals surface area (Å²) in [7, 11) is 0. The quantitative estimate of drug-likeness (QED) is 0.0158. The molecule has 0 spiro atoms. The molecule has 4 aromatic rings. The Kier molecular flexibility index (Phi) is 42.5. The van der Waals surface area contributed by atoms with Crippen LogP contribution in [-0.4, -0.2) is 332 Å². The Labute approximate surface area is 837 Å². The number of aliphatic carboxylic acids is 1. The number of aromatic nitrogens is 2. The number of hydrogen-bond donors (Lipinski definition) is 20. The van der Waals surface area contributed by atoms with Crippen molar-refractivity contribution in [3.63, 3.8) is 0 Å². The van der Waals surface area contributed by atoms with Gasteiger partial charge < -0.3 is 145 Å². The molecular formula is C91H123N19O33S2. The van der Waals surface area contributed by atoms with Gasteiger partial charge in [-0.3, -0.25) is 110 Å². The normalized spacial score (nSPS) is 23.8. The Bertz CT molecular complexity index is 5620. The van der Waals surface area contributed by atoms with Crippen LogP contribution in [0.3, 0.4) is 0 Å². The van der Waals surface area contributed by atoms with Gasteiger partial charge in [0.15, 0.2) is 5.78 Å². The summed E-state index contributed by atoms with van der Waals surface area (Å²) < 4.78 is 31.3. The fourth-order valence-corrected chi connectivity index (χ4v) is 18.8. The van der Waals surface area contributed by atoms with Gasteiger partial charge in [0.25, 0.3) is 0 Å². The van der Waals surface area contributed by atoms with Crippen LogP contribution in [0.5, 0.6) is 11.5 Å². The Morgan fingerprint density at radius 1 is 0.517 bits per heavy atom. The highest BCUT2D eigenvalue weighted by Gasteiger charge is 2.49. The second-order valence-corrected chi connectivity index (χ2v) is 37.7. The standard InChI is InChI=1S/C46H61N9O16S.C45H62N10O17S/c1-7-20(2)39-44(67)49-15-37(62)50-32-19-72-45-29(28-9-8-27(70-23(5)57)13-30(28)52-45)10-25(41(64)48-16-38(63)53-39)11-34(60)40(21(3)35(71-24(6)58)18-69-22(4)56)54-43(66)33-12-26(59)17-55(33)46(68)31(14-36(47)61)51-42(32)65;1-7-19(2)37-42(66)49-14-35(61)50-31(18-73-43-27(12-28(46)39(63)48-15-36(62)53-37)26-9-8-25(71-22(5)57)11-29(26)52-43)40(64)51-30(13-34(47)60)44(67)55-16-24(59)10-32(55)41(65)54-38(45(68)69)20(3)33(72-23(6)58)17-70-21(4)56/h8-9,13,20-21,25-26,31-33,35,39-40,52,59H,7,10-12,14-19H2,1-6H3,(H2,47,61)(H,48,64)(H,49,67)(H,50,62)(H,51,65)(H,53,63)(H,54,66);8-9,11,19-20,24,28,30-33,37-38,52,59H,7,10,12-18,46H2,1-6H3,(H2,47,60)(H,48,63)(H,49,66)(H,50,61)(H,51,64)(H,53,62)(H,54,65)(H,68,69)/t20-,21?,25?,26?,31?,32?,33-,35-,39-,40-;19-,20?,24?,28?,30?,31?,32-,33-,37-,38-/m00/s1. The number of thioether (sulfide) groups is 2. The molecule has 2 bridgehead atoms. The van der Waals surface area contributed by atoms with Crippen molar-refractivity contribution in [3.8, 4) is 11.5 Å². The molecule has 0 aliphatic carbocycles. The highest BCUT2D eigenvalue weighted by Crippen LogP contribution is 2.38. The lowest BCUT2D eigenvalue weighted by Gasteiger charge is -2.33. The molecule has 0 saturated carbocycles. The fourth-order valence-electron chi connectivity index (χ4n) is 16.5. The van der Waals surface area contributed by atoms with Gasteiger partial charge in [0.2, 0.25) is 94.5 Å². The third kappa shape index (κ3) is 33.3. The lowest BCUT2D eigenvalue weighted by atomic mass is 9.85. The number of ketones is 1. The third-order valence-electron chi connectivity index (χ3n) is 24.4. The fraction of sp³-hybridized carbons (Fsp3) is 0.560. The molecule has 145 heavy (non-hydrogen) atoms. The smallest absolute Gasteiger partial charge is 0.326 e. The lowest BCUT2D eigenvalue weighted by Crippen LogP contribution is -2.60. The number of β-amino-alcohol motifs (C(OH)–C–C–N with tert-alkyl or cyclic N) is 1. The van der Waals surface area contributed by atoms with Gasteiger partial charge in [-0.05, 0) is 60.1 Å². The number of fused-ring (bicyclic) bond motifs is 8. The molecule has 20 atom stereocenters. The lowest BCUT2D eigenvalue weighted by molar-refractivity contribution is -0.162. The second kappa shape index (κ2) is 53.2. The van der Waals surface area contributed by atoms with Gasteiger partial charge in [-0.1, -0.05) is 54.4 Å². The minimum absolute atomic E-state index is 0.120. The van der Waals surface area contributed by atoms with Crippen LogP contribution >= 0.6 is 23.5 Å². The van der Waals surface area contributed by atoms with E-state index in [4.69, 9.17) is 45.6 Å². The summed E-state index contributed by atoms with van der Waals surface area (Å²) in [4.78, 5) is 327. The van der Waals surface area contributed by atoms with E-state index in [0.717, 1.165) is 61.0 Å². The van der Waals surface area contributed by atoms with Crippen molar-refractivity contribution in [2.45, 2.75) is 242 Å². The number of ether oxygens (including phenoxy) is 6. The Morgan fingerprint density at radius 2 is 1.01 bits per heavy atom.